The van der Waals surface area contributed by atoms with Crippen LogP contribution in [0, 0.1) is 12.8 Å². The number of hydrogen-bond acceptors (Lipinski definition) is 3. The van der Waals surface area contributed by atoms with Gasteiger partial charge in [0.15, 0.2) is 0 Å². The molecule has 0 bridgehead atoms. The summed E-state index contributed by atoms with van der Waals surface area (Å²) in [6.45, 7) is 7.57. The summed E-state index contributed by atoms with van der Waals surface area (Å²) < 4.78 is 0. The summed E-state index contributed by atoms with van der Waals surface area (Å²) in [5.74, 6) is 1.24. The maximum atomic E-state index is 10.9. The number of carbonyl (C=O) groups excluding carboxylic acids is 1. The number of benzene rings is 2. The third-order valence-electron chi connectivity index (χ3n) is 7.04. The van der Waals surface area contributed by atoms with Crippen LogP contribution in [0.1, 0.15) is 65.8 Å². The third kappa shape index (κ3) is 5.39. The van der Waals surface area contributed by atoms with Crippen molar-refractivity contribution in [2.24, 2.45) is 5.92 Å². The minimum absolute atomic E-state index is 0.560. The van der Waals surface area contributed by atoms with Gasteiger partial charge in [0.05, 0.1) is 0 Å². The Morgan fingerprint density at radius 2 is 2.00 bits per heavy atom. The van der Waals surface area contributed by atoms with E-state index in [2.05, 4.69) is 59.6 Å². The first-order chi connectivity index (χ1) is 14.7. The normalized spacial score (nSPS) is 22.3. The maximum absolute atomic E-state index is 10.9. The predicted octanol–water partition coefficient (Wildman–Crippen LogP) is 5.01. The summed E-state index contributed by atoms with van der Waals surface area (Å²) in [5, 5.41) is 3.58. The molecule has 0 aliphatic carbocycles. The van der Waals surface area contributed by atoms with Crippen LogP contribution in [0.4, 0.5) is 0 Å². The highest BCUT2D eigenvalue weighted by atomic mass is 16.1. The summed E-state index contributed by atoms with van der Waals surface area (Å²) in [5.41, 5.74) is 7.25. The van der Waals surface area contributed by atoms with E-state index in [1.165, 1.54) is 47.1 Å². The summed E-state index contributed by atoms with van der Waals surface area (Å²) in [6.07, 6.45) is 7.61. The Labute approximate surface area is 181 Å². The van der Waals surface area contributed by atoms with Crippen LogP contribution in [-0.4, -0.2) is 30.8 Å². The molecular formula is C27H36N2O. The zero-order valence-corrected chi connectivity index (χ0v) is 18.4. The lowest BCUT2D eigenvalue weighted by atomic mass is 9.77. The summed E-state index contributed by atoms with van der Waals surface area (Å²) in [6, 6.07) is 16.3. The van der Waals surface area contributed by atoms with E-state index >= 15 is 0 Å². The van der Waals surface area contributed by atoms with Gasteiger partial charge in [0, 0.05) is 26.1 Å². The summed E-state index contributed by atoms with van der Waals surface area (Å²) in [4.78, 5) is 13.5. The number of nitrogens with one attached hydrogen (secondary N) is 1. The first kappa shape index (κ1) is 21.3. The van der Waals surface area contributed by atoms with Gasteiger partial charge >= 0.3 is 0 Å². The van der Waals surface area contributed by atoms with Crippen LogP contribution in [0.2, 0.25) is 0 Å². The van der Waals surface area contributed by atoms with Crippen LogP contribution in [-0.2, 0) is 24.3 Å². The highest BCUT2D eigenvalue weighted by Gasteiger charge is 2.30. The van der Waals surface area contributed by atoms with Crippen LogP contribution >= 0.6 is 0 Å². The number of rotatable bonds is 7. The molecule has 1 fully saturated rings. The van der Waals surface area contributed by atoms with Gasteiger partial charge in [0.2, 0.25) is 0 Å². The molecule has 0 amide bonds. The van der Waals surface area contributed by atoms with Crippen molar-refractivity contribution < 1.29 is 4.79 Å². The monoisotopic (exact) mass is 404 g/mol. The maximum Gasteiger partial charge on any atom is 0.119 e. The second-order valence-electron chi connectivity index (χ2n) is 9.28. The van der Waals surface area contributed by atoms with E-state index in [1.54, 1.807) is 0 Å². The molecule has 2 aliphatic heterocycles. The van der Waals surface area contributed by atoms with Gasteiger partial charge in [-0.2, -0.15) is 0 Å². The highest BCUT2D eigenvalue weighted by molar-refractivity contribution is 5.49. The van der Waals surface area contributed by atoms with Gasteiger partial charge in [-0.25, -0.2) is 0 Å². The average Bonchev–Trinajstić information content (AvgIpc) is 3.01. The number of carbonyl (C=O) groups is 1. The Morgan fingerprint density at radius 3 is 2.83 bits per heavy atom. The van der Waals surface area contributed by atoms with Crippen molar-refractivity contribution in [3.05, 3.63) is 70.3 Å². The van der Waals surface area contributed by atoms with Gasteiger partial charge in [-0.1, -0.05) is 48.0 Å². The minimum atomic E-state index is 0.560. The van der Waals surface area contributed by atoms with E-state index in [1.807, 2.05) is 0 Å². The van der Waals surface area contributed by atoms with Crippen LogP contribution < -0.4 is 5.32 Å². The molecule has 2 aromatic carbocycles. The van der Waals surface area contributed by atoms with Gasteiger partial charge in [-0.05, 0) is 86.2 Å². The molecule has 1 N–H and O–H groups in total. The van der Waals surface area contributed by atoms with Gasteiger partial charge in [0.1, 0.15) is 6.29 Å². The molecule has 3 heteroatoms. The lowest BCUT2D eigenvalue weighted by Gasteiger charge is -2.39. The molecule has 2 unspecified atom stereocenters. The Morgan fingerprint density at radius 1 is 1.13 bits per heavy atom. The SMILES string of the molecule is Cc1ccc(CN2CCC(CCCC=O)C(c3ccc4c(c3)CNCCC4)C2)cc1. The van der Waals surface area contributed by atoms with E-state index in [0.717, 1.165) is 51.9 Å². The largest absolute Gasteiger partial charge is 0.313 e. The van der Waals surface area contributed by atoms with Crippen molar-refractivity contribution in [3.63, 3.8) is 0 Å². The fraction of sp³-hybridized carbons (Fsp3) is 0.519. The molecule has 2 heterocycles. The number of unbranched alkanes of at least 4 members (excludes halogenated alkanes) is 1. The summed E-state index contributed by atoms with van der Waals surface area (Å²) >= 11 is 0. The number of aryl methyl sites for hydroxylation is 2. The van der Waals surface area contributed by atoms with Crippen molar-refractivity contribution in [1.29, 1.82) is 0 Å². The number of piperidine rings is 1. The molecule has 0 spiro atoms. The van der Waals surface area contributed by atoms with E-state index in [0.29, 0.717) is 18.3 Å². The number of likely N-dealkylation sites (tertiary alicyclic amines) is 1. The van der Waals surface area contributed by atoms with E-state index in [-0.39, 0.29) is 0 Å². The fourth-order valence-corrected chi connectivity index (χ4v) is 5.26. The Balaban J connectivity index is 1.52. The van der Waals surface area contributed by atoms with Gasteiger partial charge in [0.25, 0.3) is 0 Å². The molecule has 2 aromatic rings. The molecule has 160 valence electrons. The molecule has 0 radical (unpaired) electrons. The minimum Gasteiger partial charge on any atom is -0.313 e. The molecule has 0 aromatic heterocycles. The topological polar surface area (TPSA) is 32.3 Å². The van der Waals surface area contributed by atoms with Crippen LogP contribution in [0.25, 0.3) is 0 Å². The number of aldehydes is 1. The smallest absolute Gasteiger partial charge is 0.119 e. The fourth-order valence-electron chi connectivity index (χ4n) is 5.26. The average molecular weight is 405 g/mol. The Hall–Kier alpha value is -1.97. The zero-order chi connectivity index (χ0) is 20.8. The van der Waals surface area contributed by atoms with Crippen LogP contribution in [0.15, 0.2) is 42.5 Å². The standard InChI is InChI=1S/C27H36N2O/c1-21-7-9-22(10-8-21)19-29-15-13-24(5-2-3-16-30)27(20-29)25-12-11-23-6-4-14-28-18-26(23)17-25/h7-12,16-17,24,27-28H,2-6,13-15,18-20H2,1H3. The molecule has 2 aliphatic rings. The van der Waals surface area contributed by atoms with E-state index < -0.39 is 0 Å². The Kier molecular flexibility index (Phi) is 7.35. The zero-order valence-electron chi connectivity index (χ0n) is 18.4. The van der Waals surface area contributed by atoms with Gasteiger partial charge in [-0.15, -0.1) is 0 Å². The third-order valence-corrected chi connectivity index (χ3v) is 7.04. The van der Waals surface area contributed by atoms with Crippen molar-refractivity contribution in [3.8, 4) is 0 Å². The molecule has 0 saturated carbocycles. The molecule has 2 atom stereocenters. The van der Waals surface area contributed by atoms with Crippen molar-refractivity contribution in [2.75, 3.05) is 19.6 Å². The molecule has 3 nitrogen and oxygen atoms in total. The van der Waals surface area contributed by atoms with Crippen LogP contribution in [0.5, 0.6) is 0 Å². The van der Waals surface area contributed by atoms with E-state index in [4.69, 9.17) is 0 Å². The molecule has 4 rings (SSSR count). The number of fused-ring (bicyclic) bond motifs is 1. The second kappa shape index (κ2) is 10.4. The molecule has 1 saturated heterocycles. The Bertz CT molecular complexity index is 829. The first-order valence-corrected chi connectivity index (χ1v) is 11.8. The quantitative estimate of drug-likeness (QED) is 0.520. The first-order valence-electron chi connectivity index (χ1n) is 11.8. The van der Waals surface area contributed by atoms with Crippen molar-refractivity contribution >= 4 is 6.29 Å². The van der Waals surface area contributed by atoms with Crippen LogP contribution in [0.3, 0.4) is 0 Å². The number of hydrogen-bond donors (Lipinski definition) is 1. The molecule has 30 heavy (non-hydrogen) atoms. The summed E-state index contributed by atoms with van der Waals surface area (Å²) in [7, 11) is 0. The van der Waals surface area contributed by atoms with E-state index in [9.17, 15) is 4.79 Å². The number of nitrogens with zero attached hydrogens (tertiary/aromatic N) is 1. The van der Waals surface area contributed by atoms with Gasteiger partial charge < -0.3 is 10.1 Å². The van der Waals surface area contributed by atoms with Crippen molar-refractivity contribution in [2.45, 2.75) is 64.5 Å². The highest BCUT2D eigenvalue weighted by Crippen LogP contribution is 2.37. The van der Waals surface area contributed by atoms with Crippen molar-refractivity contribution in [1.82, 2.24) is 10.2 Å². The molecular weight excluding hydrogens is 368 g/mol. The lowest BCUT2D eigenvalue weighted by molar-refractivity contribution is -0.108. The lowest BCUT2D eigenvalue weighted by Crippen LogP contribution is -2.39. The second-order valence-corrected chi connectivity index (χ2v) is 9.28. The predicted molar refractivity (Wildman–Crippen MR) is 124 cm³/mol. The van der Waals surface area contributed by atoms with Gasteiger partial charge in [-0.3, -0.25) is 4.90 Å².